The molecule has 0 saturated carbocycles. The summed E-state index contributed by atoms with van der Waals surface area (Å²) in [5, 5.41) is 8.87. The fourth-order valence-electron chi connectivity index (χ4n) is 3.18. The van der Waals surface area contributed by atoms with Crippen LogP contribution in [0.4, 0.5) is 0 Å². The van der Waals surface area contributed by atoms with Gasteiger partial charge in [-0.15, -0.1) is 0 Å². The number of likely N-dealkylation sites (tertiary alicyclic amines) is 2. The fourth-order valence-corrected chi connectivity index (χ4v) is 3.18. The first-order valence-electron chi connectivity index (χ1n) is 9.40. The van der Waals surface area contributed by atoms with Gasteiger partial charge in [-0.05, 0) is 25.7 Å². The third-order valence-corrected chi connectivity index (χ3v) is 4.64. The van der Waals surface area contributed by atoms with Crippen LogP contribution in [0.3, 0.4) is 0 Å². The number of carbonyl (C=O) groups excluding carboxylic acids is 2. The van der Waals surface area contributed by atoms with Gasteiger partial charge in [0.1, 0.15) is 12.4 Å². The Hall–Kier alpha value is -0.980. The molecule has 0 aromatic rings. The van der Waals surface area contributed by atoms with Gasteiger partial charge in [-0.3, -0.25) is 14.5 Å². The average Bonchev–Trinajstić information content (AvgIpc) is 2.65. The maximum atomic E-state index is 11.5. The number of Topliss-reactive ketones (excluding diaryl/α,β-unsaturated/α-hetero) is 1. The fraction of sp³-hybridized carbons (Fsp3) is 0.889. The van der Waals surface area contributed by atoms with E-state index in [4.69, 9.17) is 9.84 Å². The zero-order valence-electron chi connectivity index (χ0n) is 15.5. The standard InChI is InChI=1S/C16H28N2O4.C2H6/c1-2-13(20)11-17-7-3-14(4-8-17)22-15-5-9-18(10-6-15)16(21)12-19;1-2/h14-15,19H,2-12H2,1H3;1-2H3. The lowest BCUT2D eigenvalue weighted by molar-refractivity contribution is -0.138. The van der Waals surface area contributed by atoms with Crippen LogP contribution in [0.5, 0.6) is 0 Å². The van der Waals surface area contributed by atoms with Crippen LogP contribution < -0.4 is 0 Å². The smallest absolute Gasteiger partial charge is 0.248 e. The number of aliphatic hydroxyl groups is 1. The van der Waals surface area contributed by atoms with Gasteiger partial charge < -0.3 is 14.7 Å². The minimum absolute atomic E-state index is 0.188. The van der Waals surface area contributed by atoms with Crippen molar-refractivity contribution in [1.29, 1.82) is 0 Å². The Labute approximate surface area is 146 Å². The quantitative estimate of drug-likeness (QED) is 0.791. The monoisotopic (exact) mass is 342 g/mol. The summed E-state index contributed by atoms with van der Waals surface area (Å²) in [5.41, 5.74) is 0. The van der Waals surface area contributed by atoms with Crippen LogP contribution in [0.1, 0.15) is 52.9 Å². The van der Waals surface area contributed by atoms with E-state index in [1.807, 2.05) is 20.8 Å². The highest BCUT2D eigenvalue weighted by atomic mass is 16.5. The predicted molar refractivity (Wildman–Crippen MR) is 93.9 cm³/mol. The Morgan fingerprint density at radius 3 is 1.96 bits per heavy atom. The van der Waals surface area contributed by atoms with Gasteiger partial charge in [-0.1, -0.05) is 20.8 Å². The second-order valence-corrected chi connectivity index (χ2v) is 6.24. The largest absolute Gasteiger partial charge is 0.387 e. The molecule has 6 nitrogen and oxygen atoms in total. The minimum atomic E-state index is -0.402. The number of piperidine rings is 2. The Balaban J connectivity index is 0.00000139. The zero-order valence-corrected chi connectivity index (χ0v) is 15.5. The molecule has 0 unspecified atom stereocenters. The Morgan fingerprint density at radius 1 is 1.00 bits per heavy atom. The molecule has 0 bridgehead atoms. The topological polar surface area (TPSA) is 70.1 Å². The molecule has 2 heterocycles. The number of hydrogen-bond acceptors (Lipinski definition) is 5. The number of nitrogens with zero attached hydrogens (tertiary/aromatic N) is 2. The van der Waals surface area contributed by atoms with Gasteiger partial charge in [0, 0.05) is 32.6 Å². The maximum Gasteiger partial charge on any atom is 0.248 e. The summed E-state index contributed by atoms with van der Waals surface area (Å²) in [6.45, 7) is 9.29. The summed E-state index contributed by atoms with van der Waals surface area (Å²) < 4.78 is 6.16. The van der Waals surface area contributed by atoms with Crippen LogP contribution in [0.15, 0.2) is 0 Å². The van der Waals surface area contributed by atoms with Gasteiger partial charge in [0.15, 0.2) is 0 Å². The van der Waals surface area contributed by atoms with Crippen molar-refractivity contribution in [3.05, 3.63) is 0 Å². The molecule has 2 rings (SSSR count). The van der Waals surface area contributed by atoms with Gasteiger partial charge >= 0.3 is 0 Å². The highest BCUT2D eigenvalue weighted by Crippen LogP contribution is 2.21. The lowest BCUT2D eigenvalue weighted by Gasteiger charge is -2.36. The third kappa shape index (κ3) is 6.87. The van der Waals surface area contributed by atoms with Gasteiger partial charge in [0.05, 0.1) is 18.8 Å². The van der Waals surface area contributed by atoms with Gasteiger partial charge in [0.2, 0.25) is 5.91 Å². The highest BCUT2D eigenvalue weighted by Gasteiger charge is 2.27. The van der Waals surface area contributed by atoms with Crippen LogP contribution in [-0.2, 0) is 14.3 Å². The number of hydrogen-bond donors (Lipinski definition) is 1. The maximum absolute atomic E-state index is 11.5. The number of rotatable bonds is 6. The lowest BCUT2D eigenvalue weighted by atomic mass is 10.0. The molecular weight excluding hydrogens is 308 g/mol. The van der Waals surface area contributed by atoms with Gasteiger partial charge in [-0.25, -0.2) is 0 Å². The summed E-state index contributed by atoms with van der Waals surface area (Å²) in [5.74, 6) is 0.118. The molecule has 1 amide bonds. The van der Waals surface area contributed by atoms with E-state index in [2.05, 4.69) is 4.90 Å². The molecule has 2 fully saturated rings. The number of ether oxygens (including phenoxy) is 1. The molecule has 2 aliphatic rings. The molecule has 24 heavy (non-hydrogen) atoms. The number of amides is 1. The van der Waals surface area contributed by atoms with Crippen molar-refractivity contribution in [2.45, 2.75) is 65.1 Å². The third-order valence-electron chi connectivity index (χ3n) is 4.64. The molecule has 1 N–H and O–H groups in total. The molecule has 0 aliphatic carbocycles. The van der Waals surface area contributed by atoms with Crippen LogP contribution in [-0.4, -0.2) is 78.1 Å². The number of carbonyl (C=O) groups is 2. The molecule has 0 atom stereocenters. The second-order valence-electron chi connectivity index (χ2n) is 6.24. The SMILES string of the molecule is CC.CCC(=O)CN1CCC(OC2CCN(C(=O)CO)CC2)CC1. The van der Waals surface area contributed by atoms with Crippen molar-refractivity contribution in [1.82, 2.24) is 9.80 Å². The van der Waals surface area contributed by atoms with Crippen molar-refractivity contribution in [3.8, 4) is 0 Å². The molecule has 0 radical (unpaired) electrons. The van der Waals surface area contributed by atoms with Crippen molar-refractivity contribution in [2.75, 3.05) is 39.3 Å². The summed E-state index contributed by atoms with van der Waals surface area (Å²) in [6.07, 6.45) is 4.76. The average molecular weight is 342 g/mol. The van der Waals surface area contributed by atoms with Crippen LogP contribution in [0, 0.1) is 0 Å². The van der Waals surface area contributed by atoms with Crippen LogP contribution in [0.25, 0.3) is 0 Å². The van der Waals surface area contributed by atoms with E-state index in [1.54, 1.807) is 4.90 Å². The summed E-state index contributed by atoms with van der Waals surface area (Å²) in [6, 6.07) is 0. The molecule has 0 aromatic carbocycles. The molecule has 2 saturated heterocycles. The van der Waals surface area contributed by atoms with E-state index in [-0.39, 0.29) is 18.1 Å². The van der Waals surface area contributed by atoms with Gasteiger partial charge in [0.25, 0.3) is 0 Å². The first-order chi connectivity index (χ1) is 11.6. The molecule has 0 spiro atoms. The molecule has 6 heteroatoms. The Morgan fingerprint density at radius 2 is 1.50 bits per heavy atom. The summed E-state index contributed by atoms with van der Waals surface area (Å²) in [4.78, 5) is 26.8. The van der Waals surface area contributed by atoms with E-state index in [0.29, 0.717) is 31.8 Å². The normalized spacial score (nSPS) is 20.4. The summed E-state index contributed by atoms with van der Waals surface area (Å²) >= 11 is 0. The van der Waals surface area contributed by atoms with Gasteiger partial charge in [-0.2, -0.15) is 0 Å². The lowest BCUT2D eigenvalue weighted by Crippen LogP contribution is -2.45. The Kier molecular flexibility index (Phi) is 10.1. The van der Waals surface area contributed by atoms with E-state index in [0.717, 1.165) is 38.8 Å². The molecular formula is C18H34N2O4. The van der Waals surface area contributed by atoms with Crippen LogP contribution in [0.2, 0.25) is 0 Å². The molecule has 0 aromatic heterocycles. The highest BCUT2D eigenvalue weighted by molar-refractivity contribution is 5.80. The van der Waals surface area contributed by atoms with E-state index in [9.17, 15) is 9.59 Å². The van der Waals surface area contributed by atoms with Crippen molar-refractivity contribution in [3.63, 3.8) is 0 Å². The zero-order chi connectivity index (χ0) is 17.9. The number of ketones is 1. The molecule has 2 aliphatic heterocycles. The van der Waals surface area contributed by atoms with E-state index < -0.39 is 6.61 Å². The van der Waals surface area contributed by atoms with Crippen molar-refractivity contribution < 1.29 is 19.4 Å². The van der Waals surface area contributed by atoms with E-state index >= 15 is 0 Å². The second kappa shape index (κ2) is 11.6. The summed E-state index contributed by atoms with van der Waals surface area (Å²) in [7, 11) is 0. The van der Waals surface area contributed by atoms with E-state index in [1.165, 1.54) is 0 Å². The first-order valence-corrected chi connectivity index (χ1v) is 9.40. The van der Waals surface area contributed by atoms with Crippen molar-refractivity contribution >= 4 is 11.7 Å². The first kappa shape index (κ1) is 21.1. The Bertz CT molecular complexity index is 373. The minimum Gasteiger partial charge on any atom is -0.387 e. The van der Waals surface area contributed by atoms with Crippen LogP contribution >= 0.6 is 0 Å². The van der Waals surface area contributed by atoms with Crippen molar-refractivity contribution in [2.24, 2.45) is 0 Å². The molecule has 140 valence electrons. The number of aliphatic hydroxyl groups excluding tert-OH is 1. The predicted octanol–water partition coefficient (Wildman–Crippen LogP) is 1.46.